The monoisotopic (exact) mass is 822 g/mol. The average Bonchev–Trinajstić information content (AvgIpc) is 3.24. The van der Waals surface area contributed by atoms with Crippen LogP contribution in [0, 0.1) is 13.8 Å². The first-order chi connectivity index (χ1) is 28.7. The summed E-state index contributed by atoms with van der Waals surface area (Å²) in [5.41, 5.74) is 12.6. The molecule has 0 spiro atoms. The van der Waals surface area contributed by atoms with Crippen LogP contribution in [0.15, 0.2) is 146 Å². The molecule has 2 fully saturated rings. The highest BCUT2D eigenvalue weighted by Gasteiger charge is 2.29. The molecule has 2 heterocycles. The van der Waals surface area contributed by atoms with Crippen molar-refractivity contribution in [2.45, 2.75) is 71.8 Å². The molecule has 2 atom stereocenters. The molecule has 2 saturated heterocycles. The number of nitrogens with one attached hydrogen (secondary N) is 1. The Morgan fingerprint density at radius 1 is 0.542 bits per heavy atom. The summed E-state index contributed by atoms with van der Waals surface area (Å²) in [4.78, 5) is 7.84. The van der Waals surface area contributed by atoms with Crippen LogP contribution < -0.4 is 5.32 Å². The van der Waals surface area contributed by atoms with Crippen LogP contribution in [-0.4, -0.2) is 72.1 Å². The van der Waals surface area contributed by atoms with Gasteiger partial charge in [-0.1, -0.05) is 156 Å². The largest absolute Gasteiger partial charge is 0.311 e. The summed E-state index contributed by atoms with van der Waals surface area (Å²) in [5.74, 6) is 0. The number of hydrogen-bond acceptors (Lipinski definition) is 4. The van der Waals surface area contributed by atoms with Crippen LogP contribution >= 0.6 is 23.2 Å². The zero-order chi connectivity index (χ0) is 41.1. The van der Waals surface area contributed by atoms with Gasteiger partial charge in [-0.25, -0.2) is 0 Å². The number of aryl methyl sites for hydroxylation is 2. The van der Waals surface area contributed by atoms with E-state index in [0.717, 1.165) is 86.4 Å². The molecule has 306 valence electrons. The van der Waals surface area contributed by atoms with Crippen molar-refractivity contribution in [2.24, 2.45) is 0 Å². The topological polar surface area (TPSA) is 21.8 Å². The van der Waals surface area contributed by atoms with E-state index in [4.69, 9.17) is 23.2 Å². The van der Waals surface area contributed by atoms with Gasteiger partial charge in [0.25, 0.3) is 0 Å². The summed E-state index contributed by atoms with van der Waals surface area (Å²) in [7, 11) is 0. The molecule has 0 aliphatic carbocycles. The van der Waals surface area contributed by atoms with E-state index in [1.807, 2.05) is 12.1 Å². The molecule has 0 amide bonds. The quantitative estimate of drug-likeness (QED) is 0.140. The average molecular weight is 824 g/mol. The zero-order valence-electron chi connectivity index (χ0n) is 35.3. The second-order valence-electron chi connectivity index (χ2n) is 16.8. The molecule has 2 aliphatic rings. The maximum absolute atomic E-state index is 6.43. The van der Waals surface area contributed by atoms with Crippen LogP contribution in [0.5, 0.6) is 0 Å². The molecular weight excluding hydrogens is 764 g/mol. The lowest BCUT2D eigenvalue weighted by Gasteiger charge is -2.44. The molecule has 2 aliphatic heterocycles. The van der Waals surface area contributed by atoms with Crippen molar-refractivity contribution >= 4 is 23.2 Å². The summed E-state index contributed by atoms with van der Waals surface area (Å²) in [5, 5.41) is 5.29. The maximum Gasteiger partial charge on any atom is 0.0484 e. The normalized spacial score (nSPS) is 17.7. The molecule has 6 aromatic rings. The van der Waals surface area contributed by atoms with E-state index in [-0.39, 0.29) is 0 Å². The fourth-order valence-corrected chi connectivity index (χ4v) is 9.17. The minimum atomic E-state index is 0.515. The Labute approximate surface area is 363 Å². The standard InChI is InChI=1S/C28H33ClN2.C25H27ClN2/c1-21(2)31-16-15-30(20-26(31)18-23-7-5-4-6-8-23)19-24-10-12-25(13-11-24)27-17-22(3)9-14-28(27)29;1-19-7-12-25(26)24(15-19)22-10-8-21(9-11-22)17-28-14-13-27-23(18-28)16-20-5-3-2-4-6-20/h4-14,17,21,26H,15-16,18-20H2,1-3H3;2-12,15,23,27H,13-14,16-18H2,1H3. The van der Waals surface area contributed by atoms with Crippen molar-refractivity contribution in [3.8, 4) is 22.3 Å². The second kappa shape index (κ2) is 20.8. The van der Waals surface area contributed by atoms with Gasteiger partial charge in [-0.3, -0.25) is 14.7 Å². The summed E-state index contributed by atoms with van der Waals surface area (Å²) < 4.78 is 0. The lowest BCUT2D eigenvalue weighted by Crippen LogP contribution is -2.55. The van der Waals surface area contributed by atoms with Crippen molar-refractivity contribution in [1.82, 2.24) is 20.0 Å². The number of rotatable bonds is 11. The second-order valence-corrected chi connectivity index (χ2v) is 17.7. The molecule has 1 N–H and O–H groups in total. The first-order valence-electron chi connectivity index (χ1n) is 21.4. The molecule has 6 aromatic carbocycles. The summed E-state index contributed by atoms with van der Waals surface area (Å²) in [6.07, 6.45) is 2.20. The highest BCUT2D eigenvalue weighted by atomic mass is 35.5. The number of piperazine rings is 2. The molecule has 0 saturated carbocycles. The van der Waals surface area contributed by atoms with E-state index in [1.165, 1.54) is 44.5 Å². The number of halogens is 2. The summed E-state index contributed by atoms with van der Waals surface area (Å²) in [6.45, 7) is 17.4. The molecule has 0 radical (unpaired) electrons. The lowest BCUT2D eigenvalue weighted by atomic mass is 9.99. The molecule has 6 heteroatoms. The van der Waals surface area contributed by atoms with Crippen molar-refractivity contribution < 1.29 is 0 Å². The summed E-state index contributed by atoms with van der Waals surface area (Å²) in [6, 6.07) is 53.5. The van der Waals surface area contributed by atoms with Gasteiger partial charge < -0.3 is 5.32 Å². The van der Waals surface area contributed by atoms with Crippen molar-refractivity contribution in [1.29, 1.82) is 0 Å². The smallest absolute Gasteiger partial charge is 0.0484 e. The fraction of sp³-hybridized carbons (Fsp3) is 0.321. The lowest BCUT2D eigenvalue weighted by molar-refractivity contribution is 0.0476. The molecule has 0 bridgehead atoms. The number of benzene rings is 6. The van der Waals surface area contributed by atoms with Gasteiger partial charge in [0, 0.05) is 91.7 Å². The van der Waals surface area contributed by atoms with Crippen LogP contribution in [-0.2, 0) is 25.9 Å². The van der Waals surface area contributed by atoms with Crippen LogP contribution in [0.2, 0.25) is 10.0 Å². The van der Waals surface area contributed by atoms with Gasteiger partial charge >= 0.3 is 0 Å². The van der Waals surface area contributed by atoms with Crippen molar-refractivity contribution in [3.05, 3.63) is 189 Å². The number of nitrogens with zero attached hydrogens (tertiary/aromatic N) is 3. The van der Waals surface area contributed by atoms with Crippen LogP contribution in [0.3, 0.4) is 0 Å². The summed E-state index contributed by atoms with van der Waals surface area (Å²) >= 11 is 12.8. The molecule has 59 heavy (non-hydrogen) atoms. The molecule has 8 rings (SSSR count). The van der Waals surface area contributed by atoms with Gasteiger partial charge in [-0.15, -0.1) is 0 Å². The first-order valence-corrected chi connectivity index (χ1v) is 22.1. The Hall–Kier alpha value is -4.26. The Kier molecular flexibility index (Phi) is 15.1. The molecule has 0 aromatic heterocycles. The third-order valence-electron chi connectivity index (χ3n) is 11.8. The molecular formula is C53H60Cl2N4. The van der Waals surface area contributed by atoms with Crippen LogP contribution in [0.4, 0.5) is 0 Å². The third-order valence-corrected chi connectivity index (χ3v) is 12.5. The Bertz CT molecular complexity index is 2210. The van der Waals surface area contributed by atoms with Gasteiger partial charge in [0.15, 0.2) is 0 Å². The Morgan fingerprint density at radius 2 is 1.03 bits per heavy atom. The van der Waals surface area contributed by atoms with E-state index >= 15 is 0 Å². The van der Waals surface area contributed by atoms with Gasteiger partial charge in [0.2, 0.25) is 0 Å². The first kappa shape index (κ1) is 42.8. The highest BCUT2D eigenvalue weighted by Crippen LogP contribution is 2.31. The third kappa shape index (κ3) is 12.2. The van der Waals surface area contributed by atoms with E-state index in [2.05, 4.69) is 181 Å². The SMILES string of the molecule is Cc1ccc(Cl)c(-c2ccc(CN3CCN(C(C)C)C(Cc4ccccc4)C3)cc2)c1.Cc1ccc(Cl)c(-c2ccc(CN3CCNC(Cc4ccccc4)C3)cc2)c1. The highest BCUT2D eigenvalue weighted by molar-refractivity contribution is 6.33. The minimum absolute atomic E-state index is 0.515. The Morgan fingerprint density at radius 3 is 1.54 bits per heavy atom. The number of hydrogen-bond donors (Lipinski definition) is 1. The molecule has 2 unspecified atom stereocenters. The van der Waals surface area contributed by atoms with E-state index in [1.54, 1.807) is 0 Å². The van der Waals surface area contributed by atoms with Gasteiger partial charge in [0.05, 0.1) is 0 Å². The van der Waals surface area contributed by atoms with E-state index < -0.39 is 0 Å². The van der Waals surface area contributed by atoms with Crippen molar-refractivity contribution in [2.75, 3.05) is 39.3 Å². The molecule has 4 nitrogen and oxygen atoms in total. The minimum Gasteiger partial charge on any atom is -0.311 e. The van der Waals surface area contributed by atoms with E-state index in [9.17, 15) is 0 Å². The van der Waals surface area contributed by atoms with E-state index in [0.29, 0.717) is 18.1 Å². The van der Waals surface area contributed by atoms with Gasteiger partial charge in [0.1, 0.15) is 0 Å². The maximum atomic E-state index is 6.43. The van der Waals surface area contributed by atoms with Crippen molar-refractivity contribution in [3.63, 3.8) is 0 Å². The predicted molar refractivity (Wildman–Crippen MR) is 252 cm³/mol. The van der Waals surface area contributed by atoms with Crippen LogP contribution in [0.25, 0.3) is 22.3 Å². The Balaban J connectivity index is 0.000000180. The fourth-order valence-electron chi connectivity index (χ4n) is 8.71. The zero-order valence-corrected chi connectivity index (χ0v) is 36.8. The van der Waals surface area contributed by atoms with Crippen LogP contribution in [0.1, 0.15) is 47.2 Å². The van der Waals surface area contributed by atoms with Gasteiger partial charge in [-0.05, 0) is 98.2 Å². The van der Waals surface area contributed by atoms with Gasteiger partial charge in [-0.2, -0.15) is 0 Å². The predicted octanol–water partition coefficient (Wildman–Crippen LogP) is 11.8.